The van der Waals surface area contributed by atoms with Gasteiger partial charge in [0.1, 0.15) is 6.10 Å². The van der Waals surface area contributed by atoms with Crippen LogP contribution >= 0.6 is 0 Å². The Morgan fingerprint density at radius 1 is 1.08 bits per heavy atom. The Hall–Kier alpha value is -1.22. The number of amides is 2. The highest BCUT2D eigenvalue weighted by atomic mass is 16.7. The number of hydrogen-bond acceptors (Lipinski definition) is 6. The summed E-state index contributed by atoms with van der Waals surface area (Å²) in [6, 6.07) is 0. The summed E-state index contributed by atoms with van der Waals surface area (Å²) in [6.07, 6.45) is 3.89. The number of rotatable bonds is 5. The Morgan fingerprint density at radius 2 is 1.79 bits per heavy atom. The van der Waals surface area contributed by atoms with Gasteiger partial charge in [-0.1, -0.05) is 0 Å². The number of morpholine rings is 1. The quantitative estimate of drug-likeness (QED) is 0.639. The number of ether oxygens (including phenoxy) is 3. The van der Waals surface area contributed by atoms with E-state index in [1.807, 2.05) is 0 Å². The molecule has 0 unspecified atom stereocenters. The molecule has 2 saturated heterocycles. The van der Waals surface area contributed by atoms with Crippen LogP contribution in [0, 0.1) is 0 Å². The zero-order chi connectivity index (χ0) is 16.8. The predicted molar refractivity (Wildman–Crippen MR) is 85.3 cm³/mol. The molecule has 0 aromatic rings. The first-order chi connectivity index (χ1) is 11.7. The van der Waals surface area contributed by atoms with E-state index in [1.54, 1.807) is 0 Å². The summed E-state index contributed by atoms with van der Waals surface area (Å²) in [7, 11) is 0. The minimum atomic E-state index is -0.618. The van der Waals surface area contributed by atoms with Crippen molar-refractivity contribution in [3.8, 4) is 0 Å². The van der Waals surface area contributed by atoms with Crippen LogP contribution in [-0.4, -0.2) is 81.1 Å². The molecule has 2 aliphatic heterocycles. The number of carbonyl (C=O) groups excluding carboxylic acids is 2. The summed E-state index contributed by atoms with van der Waals surface area (Å²) in [5.41, 5.74) is 0. The van der Waals surface area contributed by atoms with Crippen molar-refractivity contribution in [1.82, 2.24) is 15.5 Å². The van der Waals surface area contributed by atoms with Gasteiger partial charge in [0.15, 0.2) is 5.79 Å². The maximum atomic E-state index is 11.8. The minimum Gasteiger partial charge on any atom is -0.379 e. The summed E-state index contributed by atoms with van der Waals surface area (Å²) in [5, 5.41) is 5.28. The topological polar surface area (TPSA) is 89.1 Å². The fraction of sp³-hybridized carbons (Fsp3) is 0.875. The van der Waals surface area contributed by atoms with Crippen LogP contribution in [0.3, 0.4) is 0 Å². The lowest BCUT2D eigenvalue weighted by atomic mass is 10.2. The van der Waals surface area contributed by atoms with Gasteiger partial charge in [-0.25, -0.2) is 0 Å². The van der Waals surface area contributed by atoms with Crippen LogP contribution in [0.4, 0.5) is 0 Å². The Morgan fingerprint density at radius 3 is 2.54 bits per heavy atom. The molecular weight excluding hydrogens is 314 g/mol. The molecule has 1 atom stereocenters. The van der Waals surface area contributed by atoms with Crippen molar-refractivity contribution in [2.75, 3.05) is 52.5 Å². The molecule has 8 nitrogen and oxygen atoms in total. The van der Waals surface area contributed by atoms with E-state index in [2.05, 4.69) is 15.5 Å². The van der Waals surface area contributed by atoms with Gasteiger partial charge in [0.25, 0.3) is 0 Å². The van der Waals surface area contributed by atoms with Crippen molar-refractivity contribution in [2.24, 2.45) is 0 Å². The molecule has 24 heavy (non-hydrogen) atoms. The molecule has 2 heterocycles. The minimum absolute atomic E-state index is 0.173. The van der Waals surface area contributed by atoms with Crippen LogP contribution in [0.15, 0.2) is 0 Å². The molecule has 3 aliphatic rings. The first-order valence-corrected chi connectivity index (χ1v) is 8.85. The van der Waals surface area contributed by atoms with Crippen molar-refractivity contribution < 1.29 is 23.8 Å². The molecule has 2 N–H and O–H groups in total. The second-order valence-corrected chi connectivity index (χ2v) is 6.59. The maximum absolute atomic E-state index is 11.8. The molecule has 3 rings (SSSR count). The van der Waals surface area contributed by atoms with E-state index in [1.165, 1.54) is 0 Å². The van der Waals surface area contributed by atoms with Crippen LogP contribution in [0.1, 0.15) is 25.7 Å². The van der Waals surface area contributed by atoms with Crippen LogP contribution in [0.25, 0.3) is 0 Å². The molecule has 1 saturated carbocycles. The number of hydrogen-bond donors (Lipinski definition) is 2. The monoisotopic (exact) mass is 341 g/mol. The van der Waals surface area contributed by atoms with Crippen molar-refractivity contribution in [3.63, 3.8) is 0 Å². The maximum Gasteiger partial charge on any atom is 0.309 e. The van der Waals surface area contributed by atoms with E-state index in [4.69, 9.17) is 14.2 Å². The smallest absolute Gasteiger partial charge is 0.309 e. The first kappa shape index (κ1) is 17.6. The van der Waals surface area contributed by atoms with Crippen LogP contribution in [0.5, 0.6) is 0 Å². The zero-order valence-electron chi connectivity index (χ0n) is 14.1. The molecule has 0 radical (unpaired) electrons. The number of nitrogens with zero attached hydrogens (tertiary/aromatic N) is 1. The van der Waals surface area contributed by atoms with Crippen LogP contribution < -0.4 is 10.6 Å². The average Bonchev–Trinajstić information content (AvgIpc) is 3.23. The molecule has 136 valence electrons. The summed E-state index contributed by atoms with van der Waals surface area (Å²) in [6.45, 7) is 5.13. The zero-order valence-corrected chi connectivity index (χ0v) is 14.1. The molecule has 8 heteroatoms. The Kier molecular flexibility index (Phi) is 6.04. The van der Waals surface area contributed by atoms with Gasteiger partial charge >= 0.3 is 11.8 Å². The van der Waals surface area contributed by atoms with E-state index in [0.717, 1.165) is 58.5 Å². The first-order valence-electron chi connectivity index (χ1n) is 8.85. The highest BCUT2D eigenvalue weighted by molar-refractivity contribution is 6.35. The van der Waals surface area contributed by atoms with Gasteiger partial charge in [0.2, 0.25) is 0 Å². The fourth-order valence-corrected chi connectivity index (χ4v) is 3.41. The third kappa shape index (κ3) is 4.66. The van der Waals surface area contributed by atoms with E-state index in [0.29, 0.717) is 19.7 Å². The van der Waals surface area contributed by atoms with Gasteiger partial charge in [0, 0.05) is 45.6 Å². The van der Waals surface area contributed by atoms with E-state index < -0.39 is 17.6 Å². The third-order valence-corrected chi connectivity index (χ3v) is 4.79. The Balaban J connectivity index is 1.29. The third-order valence-electron chi connectivity index (χ3n) is 4.79. The van der Waals surface area contributed by atoms with Crippen molar-refractivity contribution in [2.45, 2.75) is 37.6 Å². The SMILES string of the molecule is O=C(NCCN1CCOCC1)C(=O)NC[C@@H]1COC2(CCCC2)O1. The Bertz CT molecular complexity index is 447. The molecule has 0 bridgehead atoms. The van der Waals surface area contributed by atoms with Gasteiger partial charge < -0.3 is 24.8 Å². The molecule has 2 amide bonds. The number of carbonyl (C=O) groups is 2. The fourth-order valence-electron chi connectivity index (χ4n) is 3.41. The lowest BCUT2D eigenvalue weighted by molar-refractivity contribution is -0.161. The molecule has 1 aliphatic carbocycles. The van der Waals surface area contributed by atoms with Gasteiger partial charge in [-0.2, -0.15) is 0 Å². The molecule has 1 spiro atoms. The molecule has 0 aromatic carbocycles. The van der Waals surface area contributed by atoms with Crippen molar-refractivity contribution in [3.05, 3.63) is 0 Å². The molecular formula is C16H27N3O5. The van der Waals surface area contributed by atoms with Gasteiger partial charge in [-0.3, -0.25) is 14.5 Å². The normalized spacial score (nSPS) is 26.6. The van der Waals surface area contributed by atoms with Gasteiger partial charge in [-0.15, -0.1) is 0 Å². The van der Waals surface area contributed by atoms with E-state index in [-0.39, 0.29) is 6.10 Å². The second kappa shape index (κ2) is 8.24. The second-order valence-electron chi connectivity index (χ2n) is 6.59. The highest BCUT2D eigenvalue weighted by Gasteiger charge is 2.43. The van der Waals surface area contributed by atoms with Crippen molar-refractivity contribution >= 4 is 11.8 Å². The lowest BCUT2D eigenvalue weighted by Gasteiger charge is -2.26. The summed E-state index contributed by atoms with van der Waals surface area (Å²) in [4.78, 5) is 25.8. The van der Waals surface area contributed by atoms with E-state index in [9.17, 15) is 9.59 Å². The summed E-state index contributed by atoms with van der Waals surface area (Å²) < 4.78 is 16.9. The van der Waals surface area contributed by atoms with Crippen LogP contribution in [-0.2, 0) is 23.8 Å². The van der Waals surface area contributed by atoms with E-state index >= 15 is 0 Å². The van der Waals surface area contributed by atoms with Gasteiger partial charge in [-0.05, 0) is 12.8 Å². The average molecular weight is 341 g/mol. The van der Waals surface area contributed by atoms with Crippen molar-refractivity contribution in [1.29, 1.82) is 0 Å². The highest BCUT2D eigenvalue weighted by Crippen LogP contribution is 2.38. The van der Waals surface area contributed by atoms with Crippen LogP contribution in [0.2, 0.25) is 0 Å². The molecule has 0 aromatic heterocycles. The largest absolute Gasteiger partial charge is 0.379 e. The number of nitrogens with one attached hydrogen (secondary N) is 2. The van der Waals surface area contributed by atoms with Gasteiger partial charge in [0.05, 0.1) is 19.8 Å². The summed E-state index contributed by atoms with van der Waals surface area (Å²) in [5.74, 6) is -1.65. The predicted octanol–water partition coefficient (Wildman–Crippen LogP) is -0.763. The standard InChI is InChI=1S/C16H27N3O5/c20-14(17-5-6-19-7-9-22-10-8-19)15(21)18-11-13-12-23-16(24-13)3-1-2-4-16/h13H,1-12H2,(H,17,20)(H,18,21)/t13-/m1/s1. The molecule has 3 fully saturated rings. The summed E-state index contributed by atoms with van der Waals surface area (Å²) >= 11 is 0. The Labute approximate surface area is 142 Å². The lowest BCUT2D eigenvalue weighted by Crippen LogP contribution is -2.46.